The maximum Gasteiger partial charge on any atom is 0.407 e. The SMILES string of the molecule is [C-]#[N+]c1ccc(-c2ccc(CCNC(=O)OC(C)(C)C)cn2)c(Cn2cnc(-c3ccccc3)c2)c1. The molecule has 182 valence electrons. The number of hydrogen-bond acceptors (Lipinski definition) is 4. The molecule has 0 saturated heterocycles. The lowest BCUT2D eigenvalue weighted by Gasteiger charge is -2.19. The van der Waals surface area contributed by atoms with Gasteiger partial charge in [0.15, 0.2) is 5.69 Å². The molecule has 0 aliphatic rings. The van der Waals surface area contributed by atoms with Gasteiger partial charge in [-0.3, -0.25) is 4.98 Å². The predicted molar refractivity (Wildman–Crippen MR) is 141 cm³/mol. The minimum Gasteiger partial charge on any atom is -0.444 e. The van der Waals surface area contributed by atoms with Crippen LogP contribution in [-0.4, -0.2) is 32.8 Å². The highest BCUT2D eigenvalue weighted by Crippen LogP contribution is 2.28. The summed E-state index contributed by atoms with van der Waals surface area (Å²) in [6, 6.07) is 19.7. The van der Waals surface area contributed by atoms with Crippen LogP contribution in [0.4, 0.5) is 10.5 Å². The largest absolute Gasteiger partial charge is 0.444 e. The summed E-state index contributed by atoms with van der Waals surface area (Å²) in [4.78, 5) is 24.7. The van der Waals surface area contributed by atoms with E-state index in [1.807, 2.05) is 105 Å². The van der Waals surface area contributed by atoms with E-state index in [4.69, 9.17) is 11.3 Å². The molecule has 0 radical (unpaired) electrons. The van der Waals surface area contributed by atoms with E-state index < -0.39 is 11.7 Å². The molecule has 0 aliphatic carbocycles. The summed E-state index contributed by atoms with van der Waals surface area (Å²) >= 11 is 0. The number of ether oxygens (including phenoxy) is 1. The average molecular weight is 480 g/mol. The summed E-state index contributed by atoms with van der Waals surface area (Å²) in [5.41, 5.74) is 5.83. The van der Waals surface area contributed by atoms with Crippen molar-refractivity contribution in [2.45, 2.75) is 39.3 Å². The van der Waals surface area contributed by atoms with Crippen LogP contribution in [0.1, 0.15) is 31.9 Å². The number of hydrogen-bond donors (Lipinski definition) is 1. The number of carbonyl (C=O) groups is 1. The third kappa shape index (κ3) is 6.57. The Kier molecular flexibility index (Phi) is 7.45. The fourth-order valence-electron chi connectivity index (χ4n) is 3.79. The molecular formula is C29H29N5O2. The lowest BCUT2D eigenvalue weighted by atomic mass is 10.0. The summed E-state index contributed by atoms with van der Waals surface area (Å²) < 4.78 is 7.29. The van der Waals surface area contributed by atoms with E-state index in [-0.39, 0.29) is 0 Å². The molecule has 0 spiro atoms. The smallest absolute Gasteiger partial charge is 0.407 e. The molecule has 1 N–H and O–H groups in total. The van der Waals surface area contributed by atoms with Crippen molar-refractivity contribution in [2.24, 2.45) is 0 Å². The monoisotopic (exact) mass is 479 g/mol. The lowest BCUT2D eigenvalue weighted by molar-refractivity contribution is 0.0528. The van der Waals surface area contributed by atoms with Crippen molar-refractivity contribution < 1.29 is 9.53 Å². The molecule has 0 atom stereocenters. The fraction of sp³-hybridized carbons (Fsp3) is 0.241. The van der Waals surface area contributed by atoms with E-state index in [2.05, 4.69) is 20.1 Å². The maximum absolute atomic E-state index is 11.8. The van der Waals surface area contributed by atoms with Crippen molar-refractivity contribution in [1.29, 1.82) is 0 Å². The number of pyridine rings is 1. The van der Waals surface area contributed by atoms with Gasteiger partial charge >= 0.3 is 6.09 Å². The van der Waals surface area contributed by atoms with Gasteiger partial charge in [0.1, 0.15) is 5.60 Å². The van der Waals surface area contributed by atoms with Crippen molar-refractivity contribution in [3.05, 3.63) is 102 Å². The maximum atomic E-state index is 11.8. The van der Waals surface area contributed by atoms with E-state index >= 15 is 0 Å². The first-order valence-electron chi connectivity index (χ1n) is 11.8. The summed E-state index contributed by atoms with van der Waals surface area (Å²) in [5, 5.41) is 2.77. The molecule has 36 heavy (non-hydrogen) atoms. The number of nitrogens with one attached hydrogen (secondary N) is 1. The zero-order valence-electron chi connectivity index (χ0n) is 20.7. The summed E-state index contributed by atoms with van der Waals surface area (Å²) in [5.74, 6) is 0. The second kappa shape index (κ2) is 10.9. The number of benzene rings is 2. The molecule has 0 unspecified atom stereocenters. The first kappa shape index (κ1) is 24.7. The third-order valence-corrected chi connectivity index (χ3v) is 5.46. The van der Waals surface area contributed by atoms with E-state index in [1.165, 1.54) is 0 Å². The van der Waals surface area contributed by atoms with Crippen LogP contribution in [0.3, 0.4) is 0 Å². The Morgan fingerprint density at radius 2 is 1.86 bits per heavy atom. The van der Waals surface area contributed by atoms with Crippen molar-refractivity contribution in [2.75, 3.05) is 6.54 Å². The summed E-state index contributed by atoms with van der Waals surface area (Å²) in [6.07, 6.45) is 5.87. The normalized spacial score (nSPS) is 11.1. The van der Waals surface area contributed by atoms with Crippen LogP contribution in [0.15, 0.2) is 79.4 Å². The molecular weight excluding hydrogens is 450 g/mol. The third-order valence-electron chi connectivity index (χ3n) is 5.46. The van der Waals surface area contributed by atoms with Gasteiger partial charge in [0, 0.05) is 36.6 Å². The van der Waals surface area contributed by atoms with Gasteiger partial charge in [0.25, 0.3) is 0 Å². The number of carbonyl (C=O) groups excluding carboxylic acids is 1. The van der Waals surface area contributed by atoms with Gasteiger partial charge in [0.05, 0.1) is 24.3 Å². The highest BCUT2D eigenvalue weighted by molar-refractivity contribution is 5.68. The van der Waals surface area contributed by atoms with Gasteiger partial charge in [-0.1, -0.05) is 54.6 Å². The standard InChI is InChI=1S/C29H29N5O2/c1-29(2,3)36-28(35)31-15-14-21-10-13-26(32-17-21)25-12-11-24(30-4)16-23(25)18-34-19-27(33-20-34)22-8-6-5-7-9-22/h5-13,16-17,19-20H,14-15,18H2,1-3H3,(H,31,35). The van der Waals surface area contributed by atoms with Crippen LogP contribution < -0.4 is 5.32 Å². The summed E-state index contributed by atoms with van der Waals surface area (Å²) in [6.45, 7) is 14.0. The van der Waals surface area contributed by atoms with Gasteiger partial charge in [-0.25, -0.2) is 14.6 Å². The Hall–Kier alpha value is -4.44. The molecule has 2 aromatic heterocycles. The van der Waals surface area contributed by atoms with Crippen molar-refractivity contribution in [3.8, 4) is 22.5 Å². The van der Waals surface area contributed by atoms with Gasteiger partial charge in [0.2, 0.25) is 0 Å². The highest BCUT2D eigenvalue weighted by Gasteiger charge is 2.15. The number of rotatable bonds is 7. The second-order valence-electron chi connectivity index (χ2n) is 9.48. The van der Waals surface area contributed by atoms with Crippen LogP contribution >= 0.6 is 0 Å². The molecule has 2 aromatic carbocycles. The van der Waals surface area contributed by atoms with Crippen LogP contribution in [0.5, 0.6) is 0 Å². The molecule has 0 saturated carbocycles. The number of amides is 1. The first-order chi connectivity index (χ1) is 17.3. The highest BCUT2D eigenvalue weighted by atomic mass is 16.6. The fourth-order valence-corrected chi connectivity index (χ4v) is 3.79. The Labute approximate surface area is 211 Å². The first-order valence-corrected chi connectivity index (χ1v) is 11.8. The van der Waals surface area contributed by atoms with E-state index in [0.717, 1.165) is 33.6 Å². The average Bonchev–Trinajstić information content (AvgIpc) is 3.32. The lowest BCUT2D eigenvalue weighted by Crippen LogP contribution is -2.33. The van der Waals surface area contributed by atoms with Crippen molar-refractivity contribution in [1.82, 2.24) is 19.9 Å². The van der Waals surface area contributed by atoms with Gasteiger partial charge in [-0.05, 0) is 44.4 Å². The zero-order chi connectivity index (χ0) is 25.5. The topological polar surface area (TPSA) is 73.4 Å². The van der Waals surface area contributed by atoms with Crippen molar-refractivity contribution in [3.63, 3.8) is 0 Å². The minimum absolute atomic E-state index is 0.424. The van der Waals surface area contributed by atoms with Crippen LogP contribution in [-0.2, 0) is 17.7 Å². The van der Waals surface area contributed by atoms with Gasteiger partial charge in [-0.15, -0.1) is 0 Å². The molecule has 2 heterocycles. The molecule has 0 bridgehead atoms. The van der Waals surface area contributed by atoms with E-state index in [0.29, 0.717) is 25.2 Å². The Morgan fingerprint density at radius 3 is 2.56 bits per heavy atom. The van der Waals surface area contributed by atoms with Crippen molar-refractivity contribution >= 4 is 11.8 Å². The molecule has 7 nitrogen and oxygen atoms in total. The predicted octanol–water partition coefficient (Wildman–Crippen LogP) is 6.28. The quantitative estimate of drug-likeness (QED) is 0.317. The molecule has 7 heteroatoms. The zero-order valence-corrected chi connectivity index (χ0v) is 20.7. The molecule has 0 fully saturated rings. The summed E-state index contributed by atoms with van der Waals surface area (Å²) in [7, 11) is 0. The number of aromatic nitrogens is 3. The minimum atomic E-state index is -0.520. The van der Waals surface area contributed by atoms with Gasteiger partial charge in [-0.2, -0.15) is 0 Å². The Balaban J connectivity index is 1.47. The Bertz CT molecular complexity index is 1360. The molecule has 1 amide bonds. The molecule has 0 aliphatic heterocycles. The number of imidazole rings is 1. The van der Waals surface area contributed by atoms with Gasteiger partial charge < -0.3 is 14.6 Å². The van der Waals surface area contributed by atoms with Crippen LogP contribution in [0, 0.1) is 6.57 Å². The Morgan fingerprint density at radius 1 is 1.06 bits per heavy atom. The molecule has 4 aromatic rings. The number of nitrogens with zero attached hydrogens (tertiary/aromatic N) is 4. The second-order valence-corrected chi connectivity index (χ2v) is 9.48. The van der Waals surface area contributed by atoms with E-state index in [1.54, 1.807) is 0 Å². The van der Waals surface area contributed by atoms with Crippen LogP contribution in [0.25, 0.3) is 27.4 Å². The van der Waals surface area contributed by atoms with E-state index in [9.17, 15) is 4.79 Å². The van der Waals surface area contributed by atoms with Crippen LogP contribution in [0.2, 0.25) is 0 Å². The molecule has 4 rings (SSSR count). The number of alkyl carbamates (subject to hydrolysis) is 1.